The maximum atomic E-state index is 14.0. The lowest BCUT2D eigenvalue weighted by atomic mass is 10.2. The van der Waals surface area contributed by atoms with Crippen LogP contribution in [0.4, 0.5) is 27.9 Å². The molecule has 0 radical (unpaired) electrons. The van der Waals surface area contributed by atoms with Gasteiger partial charge in [0.15, 0.2) is 0 Å². The van der Waals surface area contributed by atoms with Crippen molar-refractivity contribution in [3.8, 4) is 0 Å². The fourth-order valence-corrected chi connectivity index (χ4v) is 3.62. The number of rotatable bonds is 6. The highest BCUT2D eigenvalue weighted by atomic mass is 35.5. The molecule has 32 heavy (non-hydrogen) atoms. The summed E-state index contributed by atoms with van der Waals surface area (Å²) in [5, 5.41) is 7.10. The molecule has 9 heteroatoms. The molecule has 3 aromatic rings. The van der Waals surface area contributed by atoms with Crippen LogP contribution in [-0.2, 0) is 6.54 Å². The summed E-state index contributed by atoms with van der Waals surface area (Å²) in [6.45, 7) is 4.12. The molecule has 1 aromatic heterocycles. The lowest BCUT2D eigenvalue weighted by Crippen LogP contribution is -2.27. The fraction of sp³-hybridized carbons (Fsp3) is 0.348. The molecule has 2 aromatic carbocycles. The highest BCUT2D eigenvalue weighted by Gasteiger charge is 2.16. The first kappa shape index (κ1) is 24.0. The number of aromatic nitrogens is 3. The average Bonchev–Trinajstić information content (AvgIpc) is 3.06. The second kappa shape index (κ2) is 11.3. The van der Waals surface area contributed by atoms with Gasteiger partial charge in [-0.05, 0) is 55.2 Å². The number of hydrogen-bond acceptors (Lipinski definition) is 6. The Bertz CT molecular complexity index is 1020. The largest absolute Gasteiger partial charge is 0.350 e. The van der Waals surface area contributed by atoms with E-state index in [2.05, 4.69) is 30.5 Å². The minimum absolute atomic E-state index is 0. The first-order chi connectivity index (χ1) is 15.1. The zero-order valence-electron chi connectivity index (χ0n) is 17.9. The Morgan fingerprint density at radius 1 is 0.938 bits per heavy atom. The molecule has 6 nitrogen and oxygen atoms in total. The van der Waals surface area contributed by atoms with Crippen molar-refractivity contribution >= 4 is 47.5 Å². The van der Waals surface area contributed by atoms with Crippen LogP contribution < -0.4 is 15.5 Å². The molecule has 2 heterocycles. The van der Waals surface area contributed by atoms with E-state index in [9.17, 15) is 4.39 Å². The molecule has 170 valence electrons. The quantitative estimate of drug-likeness (QED) is 0.445. The van der Waals surface area contributed by atoms with E-state index >= 15 is 0 Å². The Hall–Kier alpha value is -2.64. The number of halogens is 3. The van der Waals surface area contributed by atoms with Crippen LogP contribution in [0.5, 0.6) is 0 Å². The lowest BCUT2D eigenvalue weighted by molar-refractivity contribution is 0.619. The predicted molar refractivity (Wildman–Crippen MR) is 131 cm³/mol. The van der Waals surface area contributed by atoms with Gasteiger partial charge in [0.05, 0.1) is 0 Å². The molecule has 1 aliphatic heterocycles. The Labute approximate surface area is 199 Å². The monoisotopic (exact) mass is 476 g/mol. The third-order valence-electron chi connectivity index (χ3n) is 5.30. The number of hydrogen-bond donors (Lipinski definition) is 2. The molecular weight excluding hydrogens is 450 g/mol. The standard InChI is InChI=1S/C23H26ClFN6.ClH/c1-16-6-11-19(14-20(16)25)27-22-28-21(26-15-17-7-9-18(24)10-8-17)29-23(30-22)31-12-4-2-3-5-13-31;/h6-11,14H,2-5,12-13,15H2,1H3,(H2,26,27,28,29,30);1H. The van der Waals surface area contributed by atoms with Crippen molar-refractivity contribution in [3.05, 3.63) is 64.4 Å². The van der Waals surface area contributed by atoms with Gasteiger partial charge in [0.25, 0.3) is 0 Å². The van der Waals surface area contributed by atoms with Gasteiger partial charge in [-0.15, -0.1) is 12.4 Å². The van der Waals surface area contributed by atoms with Crippen LogP contribution in [0.25, 0.3) is 0 Å². The first-order valence-electron chi connectivity index (χ1n) is 10.6. The van der Waals surface area contributed by atoms with Crippen LogP contribution in [0, 0.1) is 12.7 Å². The third-order valence-corrected chi connectivity index (χ3v) is 5.56. The van der Waals surface area contributed by atoms with Crippen molar-refractivity contribution in [2.45, 2.75) is 39.2 Å². The molecule has 0 atom stereocenters. The van der Waals surface area contributed by atoms with Gasteiger partial charge < -0.3 is 15.5 Å². The topological polar surface area (TPSA) is 66.0 Å². The van der Waals surface area contributed by atoms with Gasteiger partial charge in [0.2, 0.25) is 17.8 Å². The second-order valence-electron chi connectivity index (χ2n) is 7.75. The molecule has 0 aliphatic carbocycles. The number of nitrogens with zero attached hydrogens (tertiary/aromatic N) is 4. The van der Waals surface area contributed by atoms with E-state index in [0.29, 0.717) is 40.7 Å². The van der Waals surface area contributed by atoms with Crippen LogP contribution in [0.3, 0.4) is 0 Å². The normalized spacial score (nSPS) is 13.8. The number of benzene rings is 2. The van der Waals surface area contributed by atoms with Gasteiger partial charge in [0, 0.05) is 30.3 Å². The van der Waals surface area contributed by atoms with Crippen LogP contribution in [0.15, 0.2) is 42.5 Å². The zero-order chi connectivity index (χ0) is 21.6. The van der Waals surface area contributed by atoms with Crippen molar-refractivity contribution < 1.29 is 4.39 Å². The molecule has 1 fully saturated rings. The van der Waals surface area contributed by atoms with E-state index in [-0.39, 0.29) is 18.2 Å². The maximum Gasteiger partial charge on any atom is 0.233 e. The number of nitrogens with one attached hydrogen (secondary N) is 2. The average molecular weight is 477 g/mol. The molecule has 0 saturated carbocycles. The van der Waals surface area contributed by atoms with Crippen molar-refractivity contribution in [3.63, 3.8) is 0 Å². The summed E-state index contributed by atoms with van der Waals surface area (Å²) in [4.78, 5) is 16.0. The summed E-state index contributed by atoms with van der Waals surface area (Å²) in [7, 11) is 0. The molecule has 0 bridgehead atoms. The van der Waals surface area contributed by atoms with Crippen LogP contribution >= 0.6 is 24.0 Å². The second-order valence-corrected chi connectivity index (χ2v) is 8.19. The Morgan fingerprint density at radius 3 is 2.31 bits per heavy atom. The van der Waals surface area contributed by atoms with Gasteiger partial charge in [0.1, 0.15) is 5.82 Å². The summed E-state index contributed by atoms with van der Waals surface area (Å²) in [5.74, 6) is 1.22. The molecule has 0 spiro atoms. The van der Waals surface area contributed by atoms with Crippen molar-refractivity contribution in [2.24, 2.45) is 0 Å². The van der Waals surface area contributed by atoms with Gasteiger partial charge in [-0.1, -0.05) is 42.6 Å². The molecule has 4 rings (SSSR count). The highest BCUT2D eigenvalue weighted by molar-refractivity contribution is 6.30. The van der Waals surface area contributed by atoms with Gasteiger partial charge >= 0.3 is 0 Å². The molecule has 1 saturated heterocycles. The van der Waals surface area contributed by atoms with E-state index in [4.69, 9.17) is 11.6 Å². The molecule has 2 N–H and O–H groups in total. The van der Waals surface area contributed by atoms with Crippen molar-refractivity contribution in [1.29, 1.82) is 0 Å². The van der Waals surface area contributed by atoms with E-state index in [0.717, 1.165) is 31.5 Å². The van der Waals surface area contributed by atoms with Gasteiger partial charge in [-0.2, -0.15) is 15.0 Å². The predicted octanol–water partition coefficient (Wildman–Crippen LogP) is 6.13. The molecule has 1 aliphatic rings. The Morgan fingerprint density at radius 2 is 1.62 bits per heavy atom. The lowest BCUT2D eigenvalue weighted by Gasteiger charge is -2.21. The summed E-state index contributed by atoms with van der Waals surface area (Å²) in [5.41, 5.74) is 2.26. The Balaban J connectivity index is 0.00000289. The van der Waals surface area contributed by atoms with Gasteiger partial charge in [-0.25, -0.2) is 4.39 Å². The Kier molecular flexibility index (Phi) is 8.47. The fourth-order valence-electron chi connectivity index (χ4n) is 3.49. The van der Waals surface area contributed by atoms with Crippen molar-refractivity contribution in [1.82, 2.24) is 15.0 Å². The zero-order valence-corrected chi connectivity index (χ0v) is 19.5. The van der Waals surface area contributed by atoms with Crippen molar-refractivity contribution in [2.75, 3.05) is 28.6 Å². The highest BCUT2D eigenvalue weighted by Crippen LogP contribution is 2.22. The minimum atomic E-state index is -0.270. The summed E-state index contributed by atoms with van der Waals surface area (Å²) in [6, 6.07) is 12.6. The summed E-state index contributed by atoms with van der Waals surface area (Å²) >= 11 is 5.97. The SMILES string of the molecule is Cc1ccc(Nc2nc(NCc3ccc(Cl)cc3)nc(N3CCCCCC3)n2)cc1F.Cl. The minimum Gasteiger partial charge on any atom is -0.350 e. The molecule has 0 unspecified atom stereocenters. The van der Waals surface area contributed by atoms with E-state index in [1.54, 1.807) is 13.0 Å². The number of aryl methyl sites for hydroxylation is 1. The van der Waals surface area contributed by atoms with Crippen LogP contribution in [-0.4, -0.2) is 28.0 Å². The summed E-state index contributed by atoms with van der Waals surface area (Å²) in [6.07, 6.45) is 4.67. The number of anilines is 4. The smallest absolute Gasteiger partial charge is 0.233 e. The molecular formula is C23H27Cl2FN6. The summed E-state index contributed by atoms with van der Waals surface area (Å²) < 4.78 is 14.0. The van der Waals surface area contributed by atoms with Gasteiger partial charge in [-0.3, -0.25) is 0 Å². The molecule has 0 amide bonds. The first-order valence-corrected chi connectivity index (χ1v) is 11.0. The van der Waals surface area contributed by atoms with E-state index < -0.39 is 0 Å². The third kappa shape index (κ3) is 6.43. The van der Waals surface area contributed by atoms with Crippen LogP contribution in [0.1, 0.15) is 36.8 Å². The van der Waals surface area contributed by atoms with E-state index in [1.165, 1.54) is 18.9 Å². The maximum absolute atomic E-state index is 14.0. The van der Waals surface area contributed by atoms with Crippen LogP contribution in [0.2, 0.25) is 5.02 Å². The van der Waals surface area contributed by atoms with E-state index in [1.807, 2.05) is 30.3 Å².